The number of piperazine rings is 1. The number of benzene rings is 1. The van der Waals surface area contributed by atoms with Gasteiger partial charge in [0.1, 0.15) is 6.04 Å². The summed E-state index contributed by atoms with van der Waals surface area (Å²) in [6.07, 6.45) is 0. The van der Waals surface area contributed by atoms with Crippen LogP contribution in [0.5, 0.6) is 0 Å². The fraction of sp³-hybridized carbons (Fsp3) is 0.562. The van der Waals surface area contributed by atoms with Crippen molar-refractivity contribution in [1.29, 1.82) is 0 Å². The Morgan fingerprint density at radius 1 is 1.24 bits per heavy atom. The number of para-hydroxylation sites is 2. The number of nitrogens with one attached hydrogen (secondary N) is 2. The van der Waals surface area contributed by atoms with Crippen molar-refractivity contribution in [1.82, 2.24) is 9.80 Å². The van der Waals surface area contributed by atoms with E-state index in [1.54, 1.807) is 0 Å². The van der Waals surface area contributed by atoms with Gasteiger partial charge in [0.05, 0.1) is 11.4 Å². The number of amides is 1. The van der Waals surface area contributed by atoms with Gasteiger partial charge in [0.15, 0.2) is 0 Å². The molecule has 1 fully saturated rings. The van der Waals surface area contributed by atoms with E-state index >= 15 is 0 Å². The zero-order valence-electron chi connectivity index (χ0n) is 13.0. The lowest BCUT2D eigenvalue weighted by Crippen LogP contribution is -2.61. The minimum absolute atomic E-state index is 0.0356. The number of hydrogen-bond donors (Lipinski definition) is 2. The molecular weight excluding hydrogens is 264 g/mol. The topological polar surface area (TPSA) is 47.6 Å². The molecule has 1 aromatic carbocycles. The largest absolute Gasteiger partial charge is 0.381 e. The highest BCUT2D eigenvalue weighted by Crippen LogP contribution is 2.26. The lowest BCUT2D eigenvalue weighted by atomic mass is 9.99. The molecule has 1 aromatic rings. The molecule has 2 heterocycles. The molecule has 1 amide bonds. The van der Waals surface area contributed by atoms with Crippen molar-refractivity contribution in [2.45, 2.75) is 25.4 Å². The number of carbonyl (C=O) groups excluding carboxylic acids is 1. The predicted molar refractivity (Wildman–Crippen MR) is 85.6 cm³/mol. The summed E-state index contributed by atoms with van der Waals surface area (Å²) in [4.78, 5) is 17.1. The molecule has 3 rings (SSSR count). The second-order valence-electron chi connectivity index (χ2n) is 6.62. The first-order valence-electron chi connectivity index (χ1n) is 7.57. The maximum absolute atomic E-state index is 12.8. The summed E-state index contributed by atoms with van der Waals surface area (Å²) in [7, 11) is 2.12. The van der Waals surface area contributed by atoms with E-state index in [9.17, 15) is 4.79 Å². The van der Waals surface area contributed by atoms with Crippen LogP contribution in [0, 0.1) is 0 Å². The Kier molecular flexibility index (Phi) is 3.53. The first kappa shape index (κ1) is 14.2. The molecule has 2 aliphatic rings. The Morgan fingerprint density at radius 3 is 2.67 bits per heavy atom. The summed E-state index contributed by atoms with van der Waals surface area (Å²) < 4.78 is 0. The molecule has 5 nitrogen and oxygen atoms in total. The van der Waals surface area contributed by atoms with E-state index in [4.69, 9.17) is 0 Å². The van der Waals surface area contributed by atoms with Crippen molar-refractivity contribution in [2.24, 2.45) is 0 Å². The van der Waals surface area contributed by atoms with Crippen LogP contribution in [-0.4, -0.2) is 60.5 Å². The van der Waals surface area contributed by atoms with Crippen molar-refractivity contribution in [3.8, 4) is 0 Å². The van der Waals surface area contributed by atoms with Gasteiger partial charge in [0.2, 0.25) is 5.91 Å². The van der Waals surface area contributed by atoms with E-state index in [1.165, 1.54) is 0 Å². The normalized spacial score (nSPS) is 24.7. The summed E-state index contributed by atoms with van der Waals surface area (Å²) in [5.74, 6) is 0.193. The molecule has 0 spiro atoms. The number of likely N-dealkylation sites (N-methyl/N-ethyl adjacent to an activating group) is 1. The number of fused-ring (bicyclic) bond motifs is 1. The quantitative estimate of drug-likeness (QED) is 0.821. The third-order valence-corrected chi connectivity index (χ3v) is 4.68. The number of carbonyl (C=O) groups is 1. The lowest BCUT2D eigenvalue weighted by Gasteiger charge is -2.46. The van der Waals surface area contributed by atoms with E-state index in [1.807, 2.05) is 29.2 Å². The molecule has 114 valence electrons. The molecule has 1 saturated heterocycles. The smallest absolute Gasteiger partial charge is 0.247 e. The Morgan fingerprint density at radius 2 is 1.95 bits per heavy atom. The first-order valence-corrected chi connectivity index (χ1v) is 7.57. The van der Waals surface area contributed by atoms with E-state index in [-0.39, 0.29) is 17.5 Å². The van der Waals surface area contributed by atoms with Gasteiger partial charge < -0.3 is 15.5 Å². The van der Waals surface area contributed by atoms with Crippen LogP contribution in [0.4, 0.5) is 11.4 Å². The van der Waals surface area contributed by atoms with Gasteiger partial charge in [-0.15, -0.1) is 0 Å². The summed E-state index contributed by atoms with van der Waals surface area (Å²) in [5.41, 5.74) is 2.12. The monoisotopic (exact) mass is 288 g/mol. The molecule has 5 heteroatoms. The Labute approximate surface area is 126 Å². The van der Waals surface area contributed by atoms with Crippen molar-refractivity contribution in [2.75, 3.05) is 43.9 Å². The fourth-order valence-corrected chi connectivity index (χ4v) is 3.01. The Balaban J connectivity index is 1.70. The highest BCUT2D eigenvalue weighted by Gasteiger charge is 2.36. The molecule has 2 aliphatic heterocycles. The lowest BCUT2D eigenvalue weighted by molar-refractivity contribution is -0.136. The first-order chi connectivity index (χ1) is 9.97. The Bertz CT molecular complexity index is 543. The molecule has 1 atom stereocenters. The van der Waals surface area contributed by atoms with Gasteiger partial charge in [0.25, 0.3) is 0 Å². The van der Waals surface area contributed by atoms with Gasteiger partial charge in [0, 0.05) is 31.7 Å². The molecule has 1 unspecified atom stereocenters. The van der Waals surface area contributed by atoms with Crippen LogP contribution in [0.3, 0.4) is 0 Å². The Hall–Kier alpha value is -1.75. The van der Waals surface area contributed by atoms with Gasteiger partial charge in [-0.3, -0.25) is 9.69 Å². The molecular formula is C16H24N4O. The third-order valence-electron chi connectivity index (χ3n) is 4.68. The van der Waals surface area contributed by atoms with Crippen LogP contribution in [0.25, 0.3) is 0 Å². The van der Waals surface area contributed by atoms with Crippen LogP contribution < -0.4 is 10.6 Å². The zero-order chi connectivity index (χ0) is 15.0. The standard InChI is InChI=1S/C16H24N4O/c1-16(2)11-20(9-8-19(16)3)15(21)14-10-17-12-6-4-5-7-13(12)18-14/h4-7,14,17-18H,8-11H2,1-3H3. The van der Waals surface area contributed by atoms with Crippen LogP contribution in [-0.2, 0) is 4.79 Å². The maximum atomic E-state index is 12.8. The zero-order valence-corrected chi connectivity index (χ0v) is 13.0. The van der Waals surface area contributed by atoms with Crippen molar-refractivity contribution in [3.05, 3.63) is 24.3 Å². The van der Waals surface area contributed by atoms with Gasteiger partial charge in [-0.05, 0) is 33.0 Å². The fourth-order valence-electron chi connectivity index (χ4n) is 3.01. The second kappa shape index (κ2) is 5.22. The number of hydrogen-bond acceptors (Lipinski definition) is 4. The average molecular weight is 288 g/mol. The summed E-state index contributed by atoms with van der Waals surface area (Å²) in [6, 6.07) is 7.84. The molecule has 0 bridgehead atoms. The van der Waals surface area contributed by atoms with Gasteiger partial charge in [-0.25, -0.2) is 0 Å². The minimum Gasteiger partial charge on any atom is -0.381 e. The summed E-state index contributed by atoms with van der Waals surface area (Å²) in [6.45, 7) is 7.53. The van der Waals surface area contributed by atoms with Crippen molar-refractivity contribution in [3.63, 3.8) is 0 Å². The van der Waals surface area contributed by atoms with Crippen LogP contribution in [0.2, 0.25) is 0 Å². The summed E-state index contributed by atoms with van der Waals surface area (Å²) >= 11 is 0. The van der Waals surface area contributed by atoms with E-state index in [0.717, 1.165) is 31.0 Å². The number of rotatable bonds is 1. The number of anilines is 2. The van der Waals surface area contributed by atoms with Gasteiger partial charge >= 0.3 is 0 Å². The second-order valence-corrected chi connectivity index (χ2v) is 6.62. The molecule has 0 aromatic heterocycles. The number of nitrogens with zero attached hydrogens (tertiary/aromatic N) is 2. The molecule has 2 N–H and O–H groups in total. The van der Waals surface area contributed by atoms with Crippen LogP contribution in [0.1, 0.15) is 13.8 Å². The predicted octanol–water partition coefficient (Wildman–Crippen LogP) is 1.45. The minimum atomic E-state index is -0.181. The van der Waals surface area contributed by atoms with Crippen molar-refractivity contribution >= 4 is 17.3 Å². The van der Waals surface area contributed by atoms with E-state index in [0.29, 0.717) is 6.54 Å². The van der Waals surface area contributed by atoms with E-state index in [2.05, 4.69) is 36.4 Å². The average Bonchev–Trinajstić information content (AvgIpc) is 2.48. The molecule has 21 heavy (non-hydrogen) atoms. The van der Waals surface area contributed by atoms with Crippen molar-refractivity contribution < 1.29 is 4.79 Å². The highest BCUT2D eigenvalue weighted by molar-refractivity contribution is 5.88. The van der Waals surface area contributed by atoms with E-state index < -0.39 is 0 Å². The molecule has 0 aliphatic carbocycles. The third kappa shape index (κ3) is 2.70. The van der Waals surface area contributed by atoms with Crippen LogP contribution >= 0.6 is 0 Å². The van der Waals surface area contributed by atoms with Crippen LogP contribution in [0.15, 0.2) is 24.3 Å². The summed E-state index contributed by atoms with van der Waals surface area (Å²) in [5, 5.41) is 6.71. The van der Waals surface area contributed by atoms with Gasteiger partial charge in [-0.1, -0.05) is 12.1 Å². The highest BCUT2D eigenvalue weighted by atomic mass is 16.2. The molecule has 0 radical (unpaired) electrons. The SMILES string of the molecule is CN1CCN(C(=O)C2CNc3ccccc3N2)CC1(C)C. The van der Waals surface area contributed by atoms with Gasteiger partial charge in [-0.2, -0.15) is 0 Å². The molecule has 0 saturated carbocycles. The maximum Gasteiger partial charge on any atom is 0.247 e.